The molecule has 0 aromatic rings. The first-order valence-electron chi connectivity index (χ1n) is 8.81. The Kier molecular flexibility index (Phi) is 8.64. The standard InChI is InChI=1S/C11H22O.C6H10O3/c1-2-3-4-5-6-7-8-9-11-10-12-11;1(5-3-8-5)7-2-6-4-9-6/h11H,2-10H2,1H3;5-6H,1-4H2. The minimum absolute atomic E-state index is 0.392. The van der Waals surface area contributed by atoms with Crippen LogP contribution in [0.4, 0.5) is 0 Å². The highest BCUT2D eigenvalue weighted by Crippen LogP contribution is 2.18. The van der Waals surface area contributed by atoms with Crippen LogP contribution in [0, 0.1) is 0 Å². The van der Waals surface area contributed by atoms with Crippen LogP contribution in [0.5, 0.6) is 0 Å². The van der Waals surface area contributed by atoms with E-state index in [1.165, 1.54) is 51.4 Å². The van der Waals surface area contributed by atoms with Crippen molar-refractivity contribution < 1.29 is 18.9 Å². The molecule has 3 saturated heterocycles. The molecule has 0 radical (unpaired) electrons. The van der Waals surface area contributed by atoms with E-state index in [1.807, 2.05) is 0 Å². The van der Waals surface area contributed by atoms with E-state index in [0.717, 1.165) is 33.0 Å². The van der Waals surface area contributed by atoms with Crippen molar-refractivity contribution in [2.45, 2.75) is 76.6 Å². The monoisotopic (exact) mass is 300 g/mol. The molecule has 3 aliphatic rings. The van der Waals surface area contributed by atoms with Gasteiger partial charge in [-0.3, -0.25) is 0 Å². The summed E-state index contributed by atoms with van der Waals surface area (Å²) < 4.78 is 20.3. The van der Waals surface area contributed by atoms with Crippen LogP contribution in [0.3, 0.4) is 0 Å². The second-order valence-electron chi connectivity index (χ2n) is 6.31. The molecule has 0 saturated carbocycles. The highest BCUT2D eigenvalue weighted by atomic mass is 16.6. The predicted octanol–water partition coefficient (Wildman–Crippen LogP) is 3.33. The molecule has 4 heteroatoms. The van der Waals surface area contributed by atoms with Gasteiger partial charge in [0.1, 0.15) is 12.2 Å². The Bertz CT molecular complexity index is 235. The first-order valence-corrected chi connectivity index (χ1v) is 8.81. The largest absolute Gasteiger partial charge is 0.376 e. The lowest BCUT2D eigenvalue weighted by molar-refractivity contribution is 0.102. The van der Waals surface area contributed by atoms with E-state index in [0.29, 0.717) is 18.3 Å². The lowest BCUT2D eigenvalue weighted by Crippen LogP contribution is -2.06. The Hall–Kier alpha value is -0.160. The van der Waals surface area contributed by atoms with Crippen molar-refractivity contribution in [3.8, 4) is 0 Å². The quantitative estimate of drug-likeness (QED) is 0.410. The molecule has 0 aromatic heterocycles. The molecule has 4 nitrogen and oxygen atoms in total. The minimum atomic E-state index is 0.392. The van der Waals surface area contributed by atoms with Gasteiger partial charge in [-0.1, -0.05) is 51.9 Å². The molecule has 3 heterocycles. The summed E-state index contributed by atoms with van der Waals surface area (Å²) in [6.45, 7) is 6.57. The van der Waals surface area contributed by atoms with Crippen LogP contribution >= 0.6 is 0 Å². The molecule has 0 aliphatic carbocycles. The van der Waals surface area contributed by atoms with Gasteiger partial charge >= 0.3 is 0 Å². The fourth-order valence-electron chi connectivity index (χ4n) is 2.22. The summed E-state index contributed by atoms with van der Waals surface area (Å²) in [6, 6.07) is 0. The van der Waals surface area contributed by atoms with Crippen LogP contribution in [-0.4, -0.2) is 51.3 Å². The average molecular weight is 300 g/mol. The molecule has 21 heavy (non-hydrogen) atoms. The molecule has 0 amide bonds. The van der Waals surface area contributed by atoms with Crippen molar-refractivity contribution in [1.82, 2.24) is 0 Å². The third-order valence-corrected chi connectivity index (χ3v) is 3.94. The van der Waals surface area contributed by atoms with Gasteiger partial charge in [0.2, 0.25) is 0 Å². The third kappa shape index (κ3) is 11.1. The van der Waals surface area contributed by atoms with Gasteiger partial charge in [0.15, 0.2) is 0 Å². The first kappa shape index (κ1) is 17.2. The van der Waals surface area contributed by atoms with E-state index >= 15 is 0 Å². The maximum absolute atomic E-state index is 5.23. The number of hydrogen-bond acceptors (Lipinski definition) is 4. The van der Waals surface area contributed by atoms with E-state index in [4.69, 9.17) is 18.9 Å². The van der Waals surface area contributed by atoms with Crippen LogP contribution in [0.25, 0.3) is 0 Å². The fourth-order valence-corrected chi connectivity index (χ4v) is 2.22. The van der Waals surface area contributed by atoms with Gasteiger partial charge in [0.05, 0.1) is 39.1 Å². The van der Waals surface area contributed by atoms with E-state index in [-0.39, 0.29) is 0 Å². The van der Waals surface area contributed by atoms with Gasteiger partial charge in [-0.25, -0.2) is 0 Å². The summed E-state index contributed by atoms with van der Waals surface area (Å²) in [5, 5.41) is 0. The Morgan fingerprint density at radius 2 is 1.19 bits per heavy atom. The van der Waals surface area contributed by atoms with Gasteiger partial charge < -0.3 is 18.9 Å². The Morgan fingerprint density at radius 3 is 1.67 bits per heavy atom. The molecule has 3 aliphatic heterocycles. The van der Waals surface area contributed by atoms with Crippen LogP contribution in [0.2, 0.25) is 0 Å². The molecule has 3 rings (SSSR count). The van der Waals surface area contributed by atoms with Gasteiger partial charge in [0, 0.05) is 0 Å². The molecule has 3 unspecified atom stereocenters. The van der Waals surface area contributed by atoms with E-state index in [1.54, 1.807) is 0 Å². The van der Waals surface area contributed by atoms with Crippen LogP contribution in [-0.2, 0) is 18.9 Å². The third-order valence-electron chi connectivity index (χ3n) is 3.94. The highest BCUT2D eigenvalue weighted by molar-refractivity contribution is 4.71. The molecular formula is C17H32O4. The zero-order valence-electron chi connectivity index (χ0n) is 13.6. The normalized spacial score (nSPS) is 28.7. The van der Waals surface area contributed by atoms with Crippen molar-refractivity contribution in [3.63, 3.8) is 0 Å². The molecular weight excluding hydrogens is 268 g/mol. The zero-order valence-corrected chi connectivity index (χ0v) is 13.6. The summed E-state index contributed by atoms with van der Waals surface area (Å²) in [4.78, 5) is 0. The molecule has 0 N–H and O–H groups in total. The first-order chi connectivity index (χ1) is 10.4. The SMILES string of the molecule is C(OCC1CO1)C1CO1.CCCCCCCCCC1CO1. The minimum Gasteiger partial charge on any atom is -0.376 e. The van der Waals surface area contributed by atoms with Crippen molar-refractivity contribution in [3.05, 3.63) is 0 Å². The highest BCUT2D eigenvalue weighted by Gasteiger charge is 2.26. The Morgan fingerprint density at radius 1 is 0.714 bits per heavy atom. The predicted molar refractivity (Wildman–Crippen MR) is 82.6 cm³/mol. The van der Waals surface area contributed by atoms with E-state index < -0.39 is 0 Å². The van der Waals surface area contributed by atoms with Gasteiger partial charge in [-0.15, -0.1) is 0 Å². The zero-order chi connectivity index (χ0) is 14.8. The van der Waals surface area contributed by atoms with Crippen molar-refractivity contribution >= 4 is 0 Å². The van der Waals surface area contributed by atoms with Crippen molar-refractivity contribution in [1.29, 1.82) is 0 Å². The second kappa shape index (κ2) is 10.5. The van der Waals surface area contributed by atoms with E-state index in [9.17, 15) is 0 Å². The summed E-state index contributed by atoms with van der Waals surface area (Å²) in [7, 11) is 0. The number of hydrogen-bond donors (Lipinski definition) is 0. The topological polar surface area (TPSA) is 46.8 Å². The lowest BCUT2D eigenvalue weighted by Gasteiger charge is -1.98. The molecule has 3 atom stereocenters. The number of unbranched alkanes of at least 4 members (excludes halogenated alkanes) is 6. The van der Waals surface area contributed by atoms with Gasteiger partial charge in [-0.05, 0) is 6.42 Å². The number of ether oxygens (including phenoxy) is 4. The van der Waals surface area contributed by atoms with E-state index in [2.05, 4.69) is 6.92 Å². The summed E-state index contributed by atoms with van der Waals surface area (Å²) in [5.41, 5.74) is 0. The fraction of sp³-hybridized carbons (Fsp3) is 1.00. The number of rotatable bonds is 12. The number of epoxide rings is 3. The Balaban J connectivity index is 0.000000159. The molecule has 0 aromatic carbocycles. The van der Waals surface area contributed by atoms with Crippen LogP contribution < -0.4 is 0 Å². The van der Waals surface area contributed by atoms with Crippen molar-refractivity contribution in [2.24, 2.45) is 0 Å². The smallest absolute Gasteiger partial charge is 0.104 e. The maximum Gasteiger partial charge on any atom is 0.104 e. The maximum atomic E-state index is 5.23. The lowest BCUT2D eigenvalue weighted by atomic mass is 10.1. The van der Waals surface area contributed by atoms with Gasteiger partial charge in [-0.2, -0.15) is 0 Å². The van der Waals surface area contributed by atoms with Crippen LogP contribution in [0.1, 0.15) is 58.3 Å². The molecule has 0 bridgehead atoms. The van der Waals surface area contributed by atoms with Crippen LogP contribution in [0.15, 0.2) is 0 Å². The second-order valence-corrected chi connectivity index (χ2v) is 6.31. The summed E-state index contributed by atoms with van der Waals surface area (Å²) >= 11 is 0. The summed E-state index contributed by atoms with van der Waals surface area (Å²) in [5.74, 6) is 0. The average Bonchev–Trinajstić information content (AvgIpc) is 3.35. The molecule has 124 valence electrons. The van der Waals surface area contributed by atoms with Gasteiger partial charge in [0.25, 0.3) is 0 Å². The Labute approximate surface area is 129 Å². The van der Waals surface area contributed by atoms with Crippen molar-refractivity contribution in [2.75, 3.05) is 33.0 Å². The summed E-state index contributed by atoms with van der Waals surface area (Å²) in [6.07, 6.45) is 12.7. The molecule has 0 spiro atoms. The molecule has 3 fully saturated rings.